The van der Waals surface area contributed by atoms with Crippen molar-refractivity contribution in [2.45, 2.75) is 20.0 Å². The molecule has 3 aromatic rings. The number of aromatic nitrogens is 2. The first-order valence-electron chi connectivity index (χ1n) is 7.78. The molecule has 0 aliphatic rings. The molecule has 1 atom stereocenters. The van der Waals surface area contributed by atoms with E-state index in [0.29, 0.717) is 5.76 Å². The quantitative estimate of drug-likeness (QED) is 0.746. The van der Waals surface area contributed by atoms with Gasteiger partial charge in [-0.25, -0.2) is 9.07 Å². The Labute approximate surface area is 143 Å². The highest BCUT2D eigenvalue weighted by atomic mass is 19.1. The molecule has 7 heteroatoms. The first kappa shape index (κ1) is 16.9. The van der Waals surface area contributed by atoms with Gasteiger partial charge in [0.1, 0.15) is 23.4 Å². The van der Waals surface area contributed by atoms with Gasteiger partial charge < -0.3 is 14.8 Å². The molecule has 0 bridgehead atoms. The molecule has 2 aromatic heterocycles. The third-order valence-corrected chi connectivity index (χ3v) is 3.78. The Kier molecular flexibility index (Phi) is 4.67. The molecular weight excluding hydrogens is 325 g/mol. The normalized spacial score (nSPS) is 12.2. The average molecular weight is 343 g/mol. The van der Waals surface area contributed by atoms with Crippen LogP contribution >= 0.6 is 0 Å². The summed E-state index contributed by atoms with van der Waals surface area (Å²) in [6, 6.07) is 9.28. The molecule has 2 heterocycles. The maximum atomic E-state index is 14.4. The van der Waals surface area contributed by atoms with Crippen molar-refractivity contribution < 1.29 is 18.7 Å². The summed E-state index contributed by atoms with van der Waals surface area (Å²) in [4.78, 5) is 12.1. The predicted octanol–water partition coefficient (Wildman–Crippen LogP) is 2.68. The highest BCUT2D eigenvalue weighted by molar-refractivity contribution is 5.94. The van der Waals surface area contributed by atoms with Gasteiger partial charge in [0.15, 0.2) is 0 Å². The summed E-state index contributed by atoms with van der Waals surface area (Å²) in [5.74, 6) is -0.679. The third-order valence-electron chi connectivity index (χ3n) is 3.78. The number of hydrogen-bond donors (Lipinski definition) is 2. The van der Waals surface area contributed by atoms with Crippen LogP contribution in [0.4, 0.5) is 4.39 Å². The average Bonchev–Trinajstić information content (AvgIpc) is 3.22. The Morgan fingerprint density at radius 3 is 2.76 bits per heavy atom. The van der Waals surface area contributed by atoms with Gasteiger partial charge >= 0.3 is 0 Å². The lowest BCUT2D eigenvalue weighted by molar-refractivity contribution is 0.0900. The molecule has 0 spiro atoms. The van der Waals surface area contributed by atoms with Gasteiger partial charge in [-0.05, 0) is 50.2 Å². The number of carbonyl (C=O) groups is 1. The van der Waals surface area contributed by atoms with Crippen molar-refractivity contribution >= 4 is 5.91 Å². The van der Waals surface area contributed by atoms with E-state index in [4.69, 9.17) is 4.42 Å². The van der Waals surface area contributed by atoms with Crippen molar-refractivity contribution in [2.24, 2.45) is 0 Å². The van der Waals surface area contributed by atoms with E-state index in [0.717, 1.165) is 17.5 Å². The standard InChI is InChI=1S/C18H18FN3O3/c1-11-8-12(2)22(21-11)15-6-5-13(9-14(15)19)18(24)20-10-16(23)17-4-3-7-25-17/h3-9,16,23H,10H2,1-2H3,(H,20,24). The van der Waals surface area contributed by atoms with Gasteiger partial charge in [0.05, 0.1) is 18.5 Å². The van der Waals surface area contributed by atoms with E-state index in [1.165, 1.54) is 23.1 Å². The Morgan fingerprint density at radius 1 is 1.36 bits per heavy atom. The van der Waals surface area contributed by atoms with Crippen LogP contribution in [0.5, 0.6) is 0 Å². The van der Waals surface area contributed by atoms with E-state index in [2.05, 4.69) is 10.4 Å². The molecule has 2 N–H and O–H groups in total. The number of aryl methyl sites for hydroxylation is 2. The number of furan rings is 1. The number of nitrogens with one attached hydrogen (secondary N) is 1. The van der Waals surface area contributed by atoms with E-state index < -0.39 is 17.8 Å². The van der Waals surface area contributed by atoms with Crippen molar-refractivity contribution in [1.29, 1.82) is 0 Å². The van der Waals surface area contributed by atoms with E-state index in [1.54, 1.807) is 12.1 Å². The molecule has 130 valence electrons. The zero-order valence-corrected chi connectivity index (χ0v) is 13.9. The van der Waals surface area contributed by atoms with Crippen molar-refractivity contribution in [1.82, 2.24) is 15.1 Å². The van der Waals surface area contributed by atoms with E-state index >= 15 is 0 Å². The van der Waals surface area contributed by atoms with Crippen molar-refractivity contribution in [3.63, 3.8) is 0 Å². The Balaban J connectivity index is 1.72. The van der Waals surface area contributed by atoms with Crippen LogP contribution in [0.2, 0.25) is 0 Å². The van der Waals surface area contributed by atoms with Crippen molar-refractivity contribution in [3.8, 4) is 5.69 Å². The monoisotopic (exact) mass is 343 g/mol. The third kappa shape index (κ3) is 3.61. The SMILES string of the molecule is Cc1cc(C)n(-c2ccc(C(=O)NCC(O)c3ccco3)cc2F)n1. The smallest absolute Gasteiger partial charge is 0.251 e. The lowest BCUT2D eigenvalue weighted by Gasteiger charge is -2.11. The van der Waals surface area contributed by atoms with Crippen LogP contribution in [0.15, 0.2) is 47.1 Å². The lowest BCUT2D eigenvalue weighted by Crippen LogP contribution is -2.28. The summed E-state index contributed by atoms with van der Waals surface area (Å²) in [5.41, 5.74) is 2.02. The molecule has 3 rings (SSSR count). The second kappa shape index (κ2) is 6.90. The molecule has 1 aromatic carbocycles. The van der Waals surface area contributed by atoms with E-state index in [-0.39, 0.29) is 17.8 Å². The number of aliphatic hydroxyl groups is 1. The Hall–Kier alpha value is -2.93. The second-order valence-electron chi connectivity index (χ2n) is 5.75. The Morgan fingerprint density at radius 2 is 2.16 bits per heavy atom. The van der Waals surface area contributed by atoms with Crippen LogP contribution in [-0.2, 0) is 0 Å². The van der Waals surface area contributed by atoms with E-state index in [9.17, 15) is 14.3 Å². The summed E-state index contributed by atoms with van der Waals surface area (Å²) < 4.78 is 21.0. The highest BCUT2D eigenvalue weighted by Crippen LogP contribution is 2.18. The number of hydrogen-bond acceptors (Lipinski definition) is 4. The first-order valence-corrected chi connectivity index (χ1v) is 7.78. The molecule has 6 nitrogen and oxygen atoms in total. The zero-order valence-electron chi connectivity index (χ0n) is 13.9. The fourth-order valence-corrected chi connectivity index (χ4v) is 2.57. The molecule has 0 saturated heterocycles. The molecule has 0 aliphatic heterocycles. The van der Waals surface area contributed by atoms with E-state index in [1.807, 2.05) is 19.9 Å². The number of halogens is 1. The summed E-state index contributed by atoms with van der Waals surface area (Å²) >= 11 is 0. The number of benzene rings is 1. The molecule has 0 radical (unpaired) electrons. The maximum Gasteiger partial charge on any atom is 0.251 e. The van der Waals surface area contributed by atoms with Crippen LogP contribution in [-0.4, -0.2) is 27.3 Å². The van der Waals surface area contributed by atoms with Gasteiger partial charge in [-0.1, -0.05) is 0 Å². The van der Waals surface area contributed by atoms with Crippen molar-refractivity contribution in [3.05, 3.63) is 71.2 Å². The van der Waals surface area contributed by atoms with Gasteiger partial charge in [0.2, 0.25) is 0 Å². The molecule has 25 heavy (non-hydrogen) atoms. The molecular formula is C18H18FN3O3. The first-order chi connectivity index (χ1) is 12.0. The number of amides is 1. The number of aliphatic hydroxyl groups excluding tert-OH is 1. The minimum atomic E-state index is -0.960. The fourth-order valence-electron chi connectivity index (χ4n) is 2.57. The minimum Gasteiger partial charge on any atom is -0.467 e. The number of nitrogens with zero attached hydrogens (tertiary/aromatic N) is 2. The minimum absolute atomic E-state index is 0.0345. The fraction of sp³-hybridized carbons (Fsp3) is 0.222. The molecule has 1 amide bonds. The van der Waals surface area contributed by atoms with Crippen LogP contribution in [0.25, 0.3) is 5.69 Å². The summed E-state index contributed by atoms with van der Waals surface area (Å²) in [5, 5.41) is 16.7. The van der Waals surface area contributed by atoms with Gasteiger partial charge in [0.25, 0.3) is 5.91 Å². The molecule has 0 aliphatic carbocycles. The molecule has 1 unspecified atom stereocenters. The molecule has 0 fully saturated rings. The zero-order chi connectivity index (χ0) is 18.0. The maximum absolute atomic E-state index is 14.4. The van der Waals surface area contributed by atoms with Crippen LogP contribution in [0.1, 0.15) is 33.6 Å². The van der Waals surface area contributed by atoms with Gasteiger partial charge in [0, 0.05) is 11.3 Å². The largest absolute Gasteiger partial charge is 0.467 e. The highest BCUT2D eigenvalue weighted by Gasteiger charge is 2.15. The summed E-state index contributed by atoms with van der Waals surface area (Å²) in [7, 11) is 0. The molecule has 0 saturated carbocycles. The second-order valence-corrected chi connectivity index (χ2v) is 5.75. The predicted molar refractivity (Wildman–Crippen MR) is 89.0 cm³/mol. The summed E-state index contributed by atoms with van der Waals surface area (Å²) in [6.45, 7) is 3.62. The lowest BCUT2D eigenvalue weighted by atomic mass is 10.1. The summed E-state index contributed by atoms with van der Waals surface area (Å²) in [6.07, 6.45) is 0.478. The van der Waals surface area contributed by atoms with Gasteiger partial charge in [-0.3, -0.25) is 4.79 Å². The topological polar surface area (TPSA) is 80.3 Å². The van der Waals surface area contributed by atoms with Crippen LogP contribution < -0.4 is 5.32 Å². The van der Waals surface area contributed by atoms with Crippen LogP contribution in [0, 0.1) is 19.7 Å². The number of rotatable bonds is 5. The van der Waals surface area contributed by atoms with Gasteiger partial charge in [-0.2, -0.15) is 5.10 Å². The number of carbonyl (C=O) groups excluding carboxylic acids is 1. The van der Waals surface area contributed by atoms with Crippen LogP contribution in [0.3, 0.4) is 0 Å². The van der Waals surface area contributed by atoms with Gasteiger partial charge in [-0.15, -0.1) is 0 Å². The Bertz CT molecular complexity index is 887. The van der Waals surface area contributed by atoms with Crippen molar-refractivity contribution in [2.75, 3.05) is 6.54 Å².